The highest BCUT2D eigenvalue weighted by atomic mass is 32.2. The summed E-state index contributed by atoms with van der Waals surface area (Å²) >= 11 is 1.75. The first-order valence-corrected chi connectivity index (χ1v) is 7.34. The van der Waals surface area contributed by atoms with E-state index in [2.05, 4.69) is 0 Å². The van der Waals surface area contributed by atoms with E-state index < -0.39 is 0 Å². The van der Waals surface area contributed by atoms with Crippen molar-refractivity contribution in [2.24, 2.45) is 11.1 Å². The molecule has 1 aromatic carbocycles. The number of benzene rings is 1. The summed E-state index contributed by atoms with van der Waals surface area (Å²) in [5.41, 5.74) is 5.34. The van der Waals surface area contributed by atoms with E-state index in [-0.39, 0.29) is 11.3 Å². The van der Waals surface area contributed by atoms with Gasteiger partial charge in [-0.15, -0.1) is 11.8 Å². The highest BCUT2D eigenvalue weighted by molar-refractivity contribution is 7.99. The number of nitrogens with two attached hydrogens (primary N) is 1. The molecule has 0 unspecified atom stereocenters. The minimum absolute atomic E-state index is 0.235. The first kappa shape index (κ1) is 14.1. The summed E-state index contributed by atoms with van der Waals surface area (Å²) < 4.78 is 11.0. The van der Waals surface area contributed by atoms with Gasteiger partial charge in [0.1, 0.15) is 13.2 Å². The van der Waals surface area contributed by atoms with Crippen molar-refractivity contribution in [3.8, 4) is 11.5 Å². The van der Waals surface area contributed by atoms with Gasteiger partial charge in [-0.2, -0.15) is 0 Å². The van der Waals surface area contributed by atoms with Crippen LogP contribution in [0.2, 0.25) is 0 Å². The van der Waals surface area contributed by atoms with Crippen LogP contribution in [0.15, 0.2) is 23.1 Å². The van der Waals surface area contributed by atoms with Crippen LogP contribution in [-0.2, 0) is 0 Å². The van der Waals surface area contributed by atoms with Gasteiger partial charge in [0.25, 0.3) is 0 Å². The van der Waals surface area contributed by atoms with E-state index in [0.717, 1.165) is 28.6 Å². The van der Waals surface area contributed by atoms with Gasteiger partial charge in [0.2, 0.25) is 0 Å². The number of hydrogen-bond acceptors (Lipinski definition) is 4. The molecule has 1 aromatic rings. The van der Waals surface area contributed by atoms with Gasteiger partial charge in [-0.1, -0.05) is 13.8 Å². The zero-order valence-corrected chi connectivity index (χ0v) is 12.2. The zero-order chi connectivity index (χ0) is 13.9. The Labute approximate surface area is 118 Å². The molecule has 19 heavy (non-hydrogen) atoms. The Morgan fingerprint density at radius 3 is 2.68 bits per heavy atom. The summed E-state index contributed by atoms with van der Waals surface area (Å²) in [6, 6.07) is 6.01. The maximum absolute atomic E-state index is 7.54. The van der Waals surface area contributed by atoms with Crippen molar-refractivity contribution in [1.82, 2.24) is 0 Å². The first-order valence-electron chi connectivity index (χ1n) is 6.36. The van der Waals surface area contributed by atoms with Crippen LogP contribution in [0.4, 0.5) is 0 Å². The van der Waals surface area contributed by atoms with Gasteiger partial charge in [0.15, 0.2) is 11.5 Å². The summed E-state index contributed by atoms with van der Waals surface area (Å²) in [6.45, 7) is 5.23. The Bertz CT molecular complexity index is 475. The Kier molecular flexibility index (Phi) is 4.24. The molecule has 0 saturated heterocycles. The summed E-state index contributed by atoms with van der Waals surface area (Å²) in [6.07, 6.45) is 0.876. The normalized spacial score (nSPS) is 14.2. The van der Waals surface area contributed by atoms with E-state index in [1.807, 2.05) is 32.0 Å². The lowest BCUT2D eigenvalue weighted by Crippen LogP contribution is -2.31. The topological polar surface area (TPSA) is 68.3 Å². The molecule has 1 aliphatic rings. The molecule has 0 bridgehead atoms. The molecule has 0 radical (unpaired) electrons. The fraction of sp³-hybridized carbons (Fsp3) is 0.500. The molecular weight excluding hydrogens is 260 g/mol. The number of fused-ring (bicyclic) bond motifs is 1. The second-order valence-corrected chi connectivity index (χ2v) is 6.37. The summed E-state index contributed by atoms with van der Waals surface area (Å²) in [7, 11) is 0. The second kappa shape index (κ2) is 5.74. The highest BCUT2D eigenvalue weighted by Crippen LogP contribution is 2.35. The van der Waals surface area contributed by atoms with Gasteiger partial charge in [-0.05, 0) is 30.4 Å². The van der Waals surface area contributed by atoms with Gasteiger partial charge in [-0.3, -0.25) is 5.41 Å². The van der Waals surface area contributed by atoms with Crippen molar-refractivity contribution in [3.05, 3.63) is 18.2 Å². The summed E-state index contributed by atoms with van der Waals surface area (Å²) in [5, 5.41) is 7.54. The SMILES string of the molecule is CC(C)(CCSc1ccc2c(c1)OCCO2)C(=N)N. The average molecular weight is 280 g/mol. The van der Waals surface area contributed by atoms with Crippen LogP contribution in [-0.4, -0.2) is 24.8 Å². The third-order valence-corrected chi connectivity index (χ3v) is 4.23. The largest absolute Gasteiger partial charge is 0.486 e. The maximum Gasteiger partial charge on any atom is 0.162 e. The maximum atomic E-state index is 7.54. The lowest BCUT2D eigenvalue weighted by molar-refractivity contribution is 0.171. The van der Waals surface area contributed by atoms with Crippen molar-refractivity contribution < 1.29 is 9.47 Å². The molecule has 0 fully saturated rings. The molecule has 2 rings (SSSR count). The van der Waals surface area contributed by atoms with Crippen LogP contribution >= 0.6 is 11.8 Å². The summed E-state index contributed by atoms with van der Waals surface area (Å²) in [5.74, 6) is 2.81. The molecule has 3 N–H and O–H groups in total. The fourth-order valence-corrected chi connectivity index (χ4v) is 2.87. The molecule has 0 atom stereocenters. The quantitative estimate of drug-likeness (QED) is 0.494. The van der Waals surface area contributed by atoms with E-state index in [0.29, 0.717) is 13.2 Å². The van der Waals surface area contributed by atoms with Crippen molar-refractivity contribution in [3.63, 3.8) is 0 Å². The molecule has 0 aliphatic carbocycles. The van der Waals surface area contributed by atoms with E-state index >= 15 is 0 Å². The number of rotatable bonds is 5. The predicted octanol–water partition coefficient (Wildman–Crippen LogP) is 2.90. The van der Waals surface area contributed by atoms with Gasteiger partial charge < -0.3 is 15.2 Å². The third kappa shape index (κ3) is 3.56. The Balaban J connectivity index is 1.92. The lowest BCUT2D eigenvalue weighted by atomic mass is 9.89. The van der Waals surface area contributed by atoms with Gasteiger partial charge in [0, 0.05) is 10.3 Å². The minimum Gasteiger partial charge on any atom is -0.486 e. The number of ether oxygens (including phenoxy) is 2. The molecular formula is C14H20N2O2S. The molecule has 5 heteroatoms. The van der Waals surface area contributed by atoms with Crippen molar-refractivity contribution in [1.29, 1.82) is 5.41 Å². The van der Waals surface area contributed by atoms with E-state index in [1.54, 1.807) is 11.8 Å². The van der Waals surface area contributed by atoms with E-state index in [9.17, 15) is 0 Å². The average Bonchev–Trinajstić information content (AvgIpc) is 2.38. The van der Waals surface area contributed by atoms with Gasteiger partial charge in [0.05, 0.1) is 5.84 Å². The number of thioether (sulfide) groups is 1. The molecule has 0 amide bonds. The molecule has 104 valence electrons. The Morgan fingerprint density at radius 1 is 1.32 bits per heavy atom. The molecule has 4 nitrogen and oxygen atoms in total. The Morgan fingerprint density at radius 2 is 2.00 bits per heavy atom. The van der Waals surface area contributed by atoms with Gasteiger partial charge >= 0.3 is 0 Å². The van der Waals surface area contributed by atoms with Crippen molar-refractivity contribution >= 4 is 17.6 Å². The van der Waals surface area contributed by atoms with Crippen LogP contribution in [0.1, 0.15) is 20.3 Å². The van der Waals surface area contributed by atoms with Gasteiger partial charge in [-0.25, -0.2) is 0 Å². The summed E-state index contributed by atoms with van der Waals surface area (Å²) in [4.78, 5) is 1.16. The zero-order valence-electron chi connectivity index (χ0n) is 11.4. The number of hydrogen-bond donors (Lipinski definition) is 2. The van der Waals surface area contributed by atoms with Crippen LogP contribution in [0, 0.1) is 10.8 Å². The molecule has 0 spiro atoms. The van der Waals surface area contributed by atoms with E-state index in [1.165, 1.54) is 0 Å². The number of nitrogens with one attached hydrogen (secondary N) is 1. The predicted molar refractivity (Wildman–Crippen MR) is 78.5 cm³/mol. The standard InChI is InChI=1S/C14H20N2O2S/c1-14(2,13(15)16)5-8-19-10-3-4-11-12(9-10)18-7-6-17-11/h3-4,9H,5-8H2,1-2H3,(H3,15,16). The molecule has 1 aliphatic heterocycles. The van der Waals surface area contributed by atoms with Crippen molar-refractivity contribution in [2.75, 3.05) is 19.0 Å². The highest BCUT2D eigenvalue weighted by Gasteiger charge is 2.21. The second-order valence-electron chi connectivity index (χ2n) is 5.20. The van der Waals surface area contributed by atoms with Crippen LogP contribution in [0.25, 0.3) is 0 Å². The smallest absolute Gasteiger partial charge is 0.162 e. The van der Waals surface area contributed by atoms with Crippen molar-refractivity contribution in [2.45, 2.75) is 25.2 Å². The monoisotopic (exact) mass is 280 g/mol. The van der Waals surface area contributed by atoms with Crippen LogP contribution in [0.5, 0.6) is 11.5 Å². The first-order chi connectivity index (χ1) is 8.99. The molecule has 1 heterocycles. The third-order valence-electron chi connectivity index (χ3n) is 3.24. The minimum atomic E-state index is -0.235. The van der Waals surface area contributed by atoms with Crippen LogP contribution < -0.4 is 15.2 Å². The Hall–Kier alpha value is -1.36. The molecule has 0 saturated carbocycles. The van der Waals surface area contributed by atoms with E-state index in [4.69, 9.17) is 20.6 Å². The van der Waals surface area contributed by atoms with Crippen LogP contribution in [0.3, 0.4) is 0 Å². The fourth-order valence-electron chi connectivity index (χ4n) is 1.67. The lowest BCUT2D eigenvalue weighted by Gasteiger charge is -2.22. The molecule has 0 aromatic heterocycles. The number of amidine groups is 1.